The first-order valence-electron chi connectivity index (χ1n) is 16.1. The Balaban J connectivity index is 1.15. The molecule has 1 aromatic heterocycles. The van der Waals surface area contributed by atoms with Crippen molar-refractivity contribution >= 4 is 12.0 Å². The minimum Gasteiger partial charge on any atom is -0.448 e. The van der Waals surface area contributed by atoms with Crippen molar-refractivity contribution in [2.75, 3.05) is 86.0 Å². The van der Waals surface area contributed by atoms with Gasteiger partial charge in [0, 0.05) is 83.9 Å². The number of halogens is 3. The number of rotatable bonds is 8. The fourth-order valence-corrected chi connectivity index (χ4v) is 7.87. The number of ether oxygens (including phenoxy) is 4. The Bertz CT molecular complexity index is 1220. The molecule has 1 N–H and O–H groups in total. The molecule has 6 rings (SSSR count). The van der Waals surface area contributed by atoms with Crippen molar-refractivity contribution in [3.8, 4) is 0 Å². The van der Waals surface area contributed by atoms with Crippen molar-refractivity contribution in [3.63, 3.8) is 0 Å². The molecule has 2 amide bonds. The second-order valence-corrected chi connectivity index (χ2v) is 13.1. The lowest BCUT2D eigenvalue weighted by Crippen LogP contribution is -2.50. The van der Waals surface area contributed by atoms with Gasteiger partial charge in [-0.2, -0.15) is 13.2 Å². The number of hydrogen-bond acceptors (Lipinski definition) is 9. The number of likely N-dealkylation sites (tertiary alicyclic amines) is 1. The summed E-state index contributed by atoms with van der Waals surface area (Å²) in [5.74, 6) is 0.0365. The molecule has 5 aliphatic rings. The molecule has 45 heavy (non-hydrogen) atoms. The normalized spacial score (nSPS) is 30.7. The van der Waals surface area contributed by atoms with E-state index in [4.69, 9.17) is 18.9 Å². The number of morpholine rings is 1. The van der Waals surface area contributed by atoms with E-state index in [2.05, 4.69) is 15.2 Å². The van der Waals surface area contributed by atoms with Crippen molar-refractivity contribution in [2.24, 2.45) is 17.3 Å². The van der Waals surface area contributed by atoms with Crippen LogP contribution in [0.3, 0.4) is 0 Å². The van der Waals surface area contributed by atoms with E-state index in [-0.39, 0.29) is 49.6 Å². The average molecular weight is 640 g/mol. The fraction of sp³-hybridized carbons (Fsp3) is 0.774. The summed E-state index contributed by atoms with van der Waals surface area (Å²) in [5, 5.41) is 3.65. The average Bonchev–Trinajstić information content (AvgIpc) is 3.58. The van der Waals surface area contributed by atoms with Gasteiger partial charge in [0.15, 0.2) is 0 Å². The number of fused-ring (bicyclic) bond motifs is 2. The summed E-state index contributed by atoms with van der Waals surface area (Å²) < 4.78 is 62.5. The highest BCUT2D eigenvalue weighted by Crippen LogP contribution is 2.53. The maximum atomic E-state index is 14.5. The molecule has 14 heteroatoms. The van der Waals surface area contributed by atoms with Crippen LogP contribution in [0, 0.1) is 17.3 Å². The smallest absolute Gasteiger partial charge is 0.417 e. The number of carbonyl (C=O) groups is 2. The predicted octanol–water partition coefficient (Wildman–Crippen LogP) is 2.18. The van der Waals surface area contributed by atoms with E-state index >= 15 is 0 Å². The Morgan fingerprint density at radius 3 is 2.76 bits per heavy atom. The lowest BCUT2D eigenvalue weighted by atomic mass is 9.78. The zero-order chi connectivity index (χ0) is 31.6. The fourth-order valence-electron chi connectivity index (χ4n) is 7.87. The Morgan fingerprint density at radius 1 is 1.16 bits per heavy atom. The molecule has 3 saturated heterocycles. The van der Waals surface area contributed by atoms with Gasteiger partial charge >= 0.3 is 12.3 Å². The SMILES string of the molecule is COC1COCCC1NC[C@@H]1C[C@H]2CN(C(=O)OCCN3CCOCC3)C[C@@]2(C(=O)N2CCc3ncc(C(F)(F)F)cc3C2)C1. The Morgan fingerprint density at radius 2 is 1.98 bits per heavy atom. The third-order valence-corrected chi connectivity index (χ3v) is 10.3. The summed E-state index contributed by atoms with van der Waals surface area (Å²) in [6.45, 7) is 6.83. The molecule has 1 saturated carbocycles. The quantitative estimate of drug-likeness (QED) is 0.459. The molecule has 4 fully saturated rings. The monoisotopic (exact) mass is 639 g/mol. The molecule has 0 aromatic carbocycles. The first-order chi connectivity index (χ1) is 21.7. The molecule has 1 aliphatic carbocycles. The Hall–Kier alpha value is -2.52. The Labute approximate surface area is 261 Å². The van der Waals surface area contributed by atoms with E-state index in [1.807, 2.05) is 0 Å². The van der Waals surface area contributed by atoms with Crippen LogP contribution in [0.2, 0.25) is 0 Å². The van der Waals surface area contributed by atoms with Gasteiger partial charge in [0.05, 0.1) is 36.9 Å². The van der Waals surface area contributed by atoms with Gasteiger partial charge in [-0.05, 0) is 49.3 Å². The van der Waals surface area contributed by atoms with Gasteiger partial charge in [0.25, 0.3) is 0 Å². The summed E-state index contributed by atoms with van der Waals surface area (Å²) >= 11 is 0. The van der Waals surface area contributed by atoms with Gasteiger partial charge < -0.3 is 34.1 Å². The zero-order valence-corrected chi connectivity index (χ0v) is 25.9. The van der Waals surface area contributed by atoms with Crippen molar-refractivity contribution in [1.82, 2.24) is 25.0 Å². The minimum atomic E-state index is -4.51. The summed E-state index contributed by atoms with van der Waals surface area (Å²) in [6, 6.07) is 1.27. The number of methoxy groups -OCH3 is 1. The first kappa shape index (κ1) is 32.4. The van der Waals surface area contributed by atoms with Crippen LogP contribution in [0.1, 0.15) is 36.1 Å². The number of nitrogens with one attached hydrogen (secondary N) is 1. The summed E-state index contributed by atoms with van der Waals surface area (Å²) in [5.41, 5.74) is -0.613. The Kier molecular flexibility index (Phi) is 9.86. The molecule has 250 valence electrons. The highest BCUT2D eigenvalue weighted by Gasteiger charge is 2.59. The molecular formula is C31H44F3N5O6. The maximum Gasteiger partial charge on any atom is 0.417 e. The van der Waals surface area contributed by atoms with Crippen LogP contribution in [0.4, 0.5) is 18.0 Å². The highest BCUT2D eigenvalue weighted by atomic mass is 19.4. The van der Waals surface area contributed by atoms with Crippen molar-refractivity contribution in [3.05, 3.63) is 29.1 Å². The van der Waals surface area contributed by atoms with Crippen LogP contribution in [0.5, 0.6) is 0 Å². The van der Waals surface area contributed by atoms with Gasteiger partial charge in [-0.3, -0.25) is 14.7 Å². The van der Waals surface area contributed by atoms with Crippen molar-refractivity contribution in [1.29, 1.82) is 0 Å². The zero-order valence-electron chi connectivity index (χ0n) is 25.9. The molecule has 1 aromatic rings. The molecule has 0 radical (unpaired) electrons. The largest absolute Gasteiger partial charge is 0.448 e. The van der Waals surface area contributed by atoms with Crippen LogP contribution < -0.4 is 5.32 Å². The molecule has 2 unspecified atom stereocenters. The van der Waals surface area contributed by atoms with E-state index in [1.54, 1.807) is 16.9 Å². The van der Waals surface area contributed by atoms with E-state index in [9.17, 15) is 22.8 Å². The lowest BCUT2D eigenvalue weighted by Gasteiger charge is -2.37. The second kappa shape index (κ2) is 13.7. The molecule has 11 nitrogen and oxygen atoms in total. The van der Waals surface area contributed by atoms with E-state index in [0.29, 0.717) is 76.7 Å². The van der Waals surface area contributed by atoms with E-state index in [1.165, 1.54) is 0 Å². The van der Waals surface area contributed by atoms with E-state index < -0.39 is 23.2 Å². The van der Waals surface area contributed by atoms with Crippen molar-refractivity contribution in [2.45, 2.75) is 50.6 Å². The van der Waals surface area contributed by atoms with Gasteiger partial charge in [0.2, 0.25) is 5.91 Å². The number of hydrogen-bond donors (Lipinski definition) is 1. The van der Waals surface area contributed by atoms with Gasteiger partial charge in [-0.1, -0.05) is 0 Å². The van der Waals surface area contributed by atoms with Gasteiger partial charge in [0.1, 0.15) is 6.61 Å². The number of amides is 2. The second-order valence-electron chi connectivity index (χ2n) is 13.1. The highest BCUT2D eigenvalue weighted by molar-refractivity contribution is 5.85. The lowest BCUT2D eigenvalue weighted by molar-refractivity contribution is -0.144. The summed E-state index contributed by atoms with van der Waals surface area (Å²) in [4.78, 5) is 37.3. The predicted molar refractivity (Wildman–Crippen MR) is 155 cm³/mol. The topological polar surface area (TPSA) is 106 Å². The first-order valence-corrected chi connectivity index (χ1v) is 16.1. The number of alkyl halides is 3. The summed E-state index contributed by atoms with van der Waals surface area (Å²) in [7, 11) is 1.68. The van der Waals surface area contributed by atoms with Crippen LogP contribution in [0.25, 0.3) is 0 Å². The number of aromatic nitrogens is 1. The number of carbonyl (C=O) groups excluding carboxylic acids is 2. The third-order valence-electron chi connectivity index (χ3n) is 10.3. The number of nitrogens with zero attached hydrogens (tertiary/aromatic N) is 4. The van der Waals surface area contributed by atoms with Gasteiger partial charge in [-0.15, -0.1) is 0 Å². The van der Waals surface area contributed by atoms with E-state index in [0.717, 1.165) is 38.2 Å². The standard InChI is InChI=1S/C31H44F3N5O6/c1-42-27-19-44-8-3-26(27)35-15-21-12-24-18-39(29(41)45-11-7-37-5-9-43-10-6-37)20-30(24,14-21)28(40)38-4-2-25-22(17-38)13-23(16-36-25)31(32,33)34/h13,16,21,24,26-27,35H,2-12,14-15,17-20H2,1H3/t21-,24+,26?,27?,30+/m1/s1. The third kappa shape index (κ3) is 7.09. The molecule has 0 bridgehead atoms. The van der Waals surface area contributed by atoms with Crippen molar-refractivity contribution < 1.29 is 41.7 Å². The molecule has 5 heterocycles. The van der Waals surface area contributed by atoms with Crippen LogP contribution in [0.15, 0.2) is 12.3 Å². The minimum absolute atomic E-state index is 0.0402. The van der Waals surface area contributed by atoms with Crippen LogP contribution in [-0.2, 0) is 42.9 Å². The molecule has 0 spiro atoms. The molecule has 5 atom stereocenters. The van der Waals surface area contributed by atoms with Gasteiger partial charge in [-0.25, -0.2) is 4.79 Å². The number of pyridine rings is 1. The van der Waals surface area contributed by atoms with Crippen LogP contribution >= 0.6 is 0 Å². The molecule has 4 aliphatic heterocycles. The van der Waals surface area contributed by atoms with Crippen LogP contribution in [-0.4, -0.2) is 130 Å². The molecular weight excluding hydrogens is 595 g/mol. The summed E-state index contributed by atoms with van der Waals surface area (Å²) in [6.07, 6.45) is -1.53. The maximum absolute atomic E-state index is 14.5.